The summed E-state index contributed by atoms with van der Waals surface area (Å²) < 4.78 is 16.5. The third-order valence-corrected chi connectivity index (χ3v) is 5.40. The molecule has 1 heterocycles. The molecule has 0 saturated heterocycles. The van der Waals surface area contributed by atoms with Crippen LogP contribution >= 0.6 is 0 Å². The number of hydrogen-bond donors (Lipinski definition) is 1. The first-order chi connectivity index (χ1) is 16.5. The van der Waals surface area contributed by atoms with Crippen LogP contribution in [0.15, 0.2) is 82.0 Å². The van der Waals surface area contributed by atoms with E-state index in [2.05, 4.69) is 5.32 Å². The van der Waals surface area contributed by atoms with E-state index in [0.29, 0.717) is 17.1 Å². The van der Waals surface area contributed by atoms with Gasteiger partial charge >= 0.3 is 5.97 Å². The second-order valence-corrected chi connectivity index (χ2v) is 7.60. The molecule has 7 heteroatoms. The van der Waals surface area contributed by atoms with Gasteiger partial charge < -0.3 is 19.2 Å². The normalized spacial score (nSPS) is 10.6. The predicted molar refractivity (Wildman–Crippen MR) is 128 cm³/mol. The smallest absolute Gasteiger partial charge is 0.342 e. The third kappa shape index (κ3) is 4.68. The van der Waals surface area contributed by atoms with Crippen molar-refractivity contribution in [3.05, 3.63) is 99.7 Å². The van der Waals surface area contributed by atoms with E-state index in [9.17, 15) is 14.4 Å². The molecule has 0 aliphatic carbocycles. The number of benzene rings is 3. The SMILES string of the molecule is COc1ccccc1CNC(=O)COC(=O)c1cccc2c(=O)c(C)c(-c3ccccc3)oc12. The molecule has 0 saturated carbocycles. The van der Waals surface area contributed by atoms with Crippen LogP contribution in [-0.4, -0.2) is 25.6 Å². The summed E-state index contributed by atoms with van der Waals surface area (Å²) in [4.78, 5) is 38.0. The van der Waals surface area contributed by atoms with E-state index in [4.69, 9.17) is 13.9 Å². The number of fused-ring (bicyclic) bond motifs is 1. The molecular weight excluding hydrogens is 434 g/mol. The van der Waals surface area contributed by atoms with E-state index in [0.717, 1.165) is 11.1 Å². The monoisotopic (exact) mass is 457 g/mol. The molecule has 0 fully saturated rings. The molecular formula is C27H23NO6. The molecule has 0 unspecified atom stereocenters. The van der Waals surface area contributed by atoms with Crippen molar-refractivity contribution in [1.29, 1.82) is 0 Å². The van der Waals surface area contributed by atoms with Gasteiger partial charge in [0.1, 0.15) is 17.1 Å². The molecule has 0 spiro atoms. The Balaban J connectivity index is 1.53. The number of esters is 1. The van der Waals surface area contributed by atoms with Crippen LogP contribution in [0.3, 0.4) is 0 Å². The lowest BCUT2D eigenvalue weighted by Crippen LogP contribution is -2.28. The van der Waals surface area contributed by atoms with E-state index < -0.39 is 18.5 Å². The molecule has 172 valence electrons. The topological polar surface area (TPSA) is 94.8 Å². The molecule has 34 heavy (non-hydrogen) atoms. The molecule has 1 amide bonds. The third-order valence-electron chi connectivity index (χ3n) is 5.40. The molecule has 0 radical (unpaired) electrons. The number of rotatable bonds is 7. The van der Waals surface area contributed by atoms with E-state index in [1.165, 1.54) is 6.07 Å². The van der Waals surface area contributed by atoms with Crippen molar-refractivity contribution in [2.75, 3.05) is 13.7 Å². The minimum absolute atomic E-state index is 0.0734. The summed E-state index contributed by atoms with van der Waals surface area (Å²) in [6.45, 7) is 1.43. The van der Waals surface area contributed by atoms with E-state index in [1.807, 2.05) is 48.5 Å². The van der Waals surface area contributed by atoms with Gasteiger partial charge in [-0.15, -0.1) is 0 Å². The van der Waals surface area contributed by atoms with Crippen molar-refractivity contribution in [3.8, 4) is 17.1 Å². The van der Waals surface area contributed by atoms with Gasteiger partial charge in [0.15, 0.2) is 17.6 Å². The van der Waals surface area contributed by atoms with Gasteiger partial charge in [-0.25, -0.2) is 4.79 Å². The van der Waals surface area contributed by atoms with Crippen LogP contribution < -0.4 is 15.5 Å². The zero-order valence-corrected chi connectivity index (χ0v) is 18.8. The molecule has 3 aromatic carbocycles. The second kappa shape index (κ2) is 10.0. The first-order valence-corrected chi connectivity index (χ1v) is 10.7. The number of nitrogens with one attached hydrogen (secondary N) is 1. The number of methoxy groups -OCH3 is 1. The Bertz CT molecular complexity index is 1410. The Morgan fingerprint density at radius 1 is 0.941 bits per heavy atom. The first kappa shape index (κ1) is 22.8. The zero-order chi connectivity index (χ0) is 24.1. The summed E-state index contributed by atoms with van der Waals surface area (Å²) in [5.74, 6) is -0.200. The Morgan fingerprint density at radius 2 is 1.68 bits per heavy atom. The lowest BCUT2D eigenvalue weighted by atomic mass is 10.0. The van der Waals surface area contributed by atoms with Crippen LogP contribution in [0.25, 0.3) is 22.3 Å². The van der Waals surface area contributed by atoms with Crippen LogP contribution in [0.5, 0.6) is 5.75 Å². The van der Waals surface area contributed by atoms with Crippen molar-refractivity contribution in [2.24, 2.45) is 0 Å². The van der Waals surface area contributed by atoms with E-state index >= 15 is 0 Å². The number of carbonyl (C=O) groups is 2. The standard InChI is InChI=1S/C27H23NO6/c1-17-24(30)20-12-8-13-21(26(20)34-25(17)18-9-4-3-5-10-18)27(31)33-16-23(29)28-15-19-11-6-7-14-22(19)32-2/h3-14H,15-16H2,1-2H3,(H,28,29). The Morgan fingerprint density at radius 3 is 2.44 bits per heavy atom. The number of amides is 1. The molecule has 7 nitrogen and oxygen atoms in total. The Hall–Kier alpha value is -4.39. The van der Waals surface area contributed by atoms with Gasteiger partial charge in [-0.2, -0.15) is 0 Å². The highest BCUT2D eigenvalue weighted by atomic mass is 16.5. The average Bonchev–Trinajstić information content (AvgIpc) is 2.88. The summed E-state index contributed by atoms with van der Waals surface area (Å²) in [6, 6.07) is 21.2. The maximum Gasteiger partial charge on any atom is 0.342 e. The molecule has 1 N–H and O–H groups in total. The van der Waals surface area contributed by atoms with Crippen molar-refractivity contribution >= 4 is 22.8 Å². The largest absolute Gasteiger partial charge is 0.496 e. The fourth-order valence-corrected chi connectivity index (χ4v) is 3.64. The van der Waals surface area contributed by atoms with Gasteiger partial charge in [-0.3, -0.25) is 9.59 Å². The van der Waals surface area contributed by atoms with Crippen molar-refractivity contribution in [2.45, 2.75) is 13.5 Å². The van der Waals surface area contributed by atoms with Crippen molar-refractivity contribution in [3.63, 3.8) is 0 Å². The number of hydrogen-bond acceptors (Lipinski definition) is 6. The molecule has 1 aromatic heterocycles. The maximum absolute atomic E-state index is 12.9. The molecule has 0 bridgehead atoms. The van der Waals surface area contributed by atoms with Gasteiger partial charge in [0.25, 0.3) is 5.91 Å². The fraction of sp³-hybridized carbons (Fsp3) is 0.148. The summed E-state index contributed by atoms with van der Waals surface area (Å²) >= 11 is 0. The molecule has 4 aromatic rings. The van der Waals surface area contributed by atoms with Gasteiger partial charge in [-0.1, -0.05) is 54.6 Å². The number of para-hydroxylation sites is 2. The van der Waals surface area contributed by atoms with Crippen LogP contribution in [0.4, 0.5) is 0 Å². The summed E-state index contributed by atoms with van der Waals surface area (Å²) in [7, 11) is 1.55. The second-order valence-electron chi connectivity index (χ2n) is 7.60. The van der Waals surface area contributed by atoms with Crippen molar-refractivity contribution in [1.82, 2.24) is 5.32 Å². The van der Waals surface area contributed by atoms with Gasteiger partial charge in [0, 0.05) is 23.2 Å². The lowest BCUT2D eigenvalue weighted by Gasteiger charge is -2.11. The predicted octanol–water partition coefficient (Wildman–Crippen LogP) is 4.25. The minimum Gasteiger partial charge on any atom is -0.496 e. The highest BCUT2D eigenvalue weighted by molar-refractivity contribution is 6.02. The number of carbonyl (C=O) groups excluding carboxylic acids is 2. The number of ether oxygens (including phenoxy) is 2. The Labute approximate surface area is 195 Å². The first-order valence-electron chi connectivity index (χ1n) is 10.7. The zero-order valence-electron chi connectivity index (χ0n) is 18.8. The highest BCUT2D eigenvalue weighted by Crippen LogP contribution is 2.27. The quantitative estimate of drug-likeness (QED) is 0.417. The molecule has 0 aliphatic rings. The van der Waals surface area contributed by atoms with Gasteiger partial charge in [0.05, 0.1) is 12.5 Å². The fourth-order valence-electron chi connectivity index (χ4n) is 3.64. The van der Waals surface area contributed by atoms with Crippen LogP contribution in [0.2, 0.25) is 0 Å². The van der Waals surface area contributed by atoms with Gasteiger partial charge in [0.2, 0.25) is 0 Å². The maximum atomic E-state index is 12.9. The summed E-state index contributed by atoms with van der Waals surface area (Å²) in [6.07, 6.45) is 0. The van der Waals surface area contributed by atoms with E-state index in [1.54, 1.807) is 32.2 Å². The lowest BCUT2D eigenvalue weighted by molar-refractivity contribution is -0.124. The van der Waals surface area contributed by atoms with Gasteiger partial charge in [-0.05, 0) is 25.1 Å². The highest BCUT2D eigenvalue weighted by Gasteiger charge is 2.20. The van der Waals surface area contributed by atoms with Crippen LogP contribution in [0, 0.1) is 6.92 Å². The van der Waals surface area contributed by atoms with E-state index in [-0.39, 0.29) is 28.5 Å². The molecule has 0 aliphatic heterocycles. The van der Waals surface area contributed by atoms with Crippen molar-refractivity contribution < 1.29 is 23.5 Å². The van der Waals surface area contributed by atoms with Crippen LogP contribution in [0.1, 0.15) is 21.5 Å². The Kier molecular flexibility index (Phi) is 6.73. The summed E-state index contributed by atoms with van der Waals surface area (Å²) in [5, 5.41) is 2.97. The van der Waals surface area contributed by atoms with Crippen LogP contribution in [-0.2, 0) is 16.1 Å². The average molecular weight is 457 g/mol. The molecule has 0 atom stereocenters. The molecule has 4 rings (SSSR count). The summed E-state index contributed by atoms with van der Waals surface area (Å²) in [5.41, 5.74) is 1.92. The minimum atomic E-state index is -0.760.